The first-order chi connectivity index (χ1) is 9.47. The predicted octanol–water partition coefficient (Wildman–Crippen LogP) is 3.83. The second kappa shape index (κ2) is 6.06. The van der Waals surface area contributed by atoms with Crippen molar-refractivity contribution in [2.45, 2.75) is 26.8 Å². The zero-order valence-corrected chi connectivity index (χ0v) is 12.1. The summed E-state index contributed by atoms with van der Waals surface area (Å²) in [6.45, 7) is 6.27. The fourth-order valence-corrected chi connectivity index (χ4v) is 2.20. The van der Waals surface area contributed by atoms with Crippen LogP contribution in [0.1, 0.15) is 28.3 Å². The van der Waals surface area contributed by atoms with Crippen LogP contribution in [0.15, 0.2) is 36.4 Å². The minimum absolute atomic E-state index is 0.195. The van der Waals surface area contributed by atoms with Crippen LogP contribution < -0.4 is 10.5 Å². The van der Waals surface area contributed by atoms with Crippen molar-refractivity contribution in [1.29, 1.82) is 0 Å². The molecule has 2 nitrogen and oxygen atoms in total. The zero-order valence-electron chi connectivity index (χ0n) is 12.1. The van der Waals surface area contributed by atoms with Gasteiger partial charge in [-0.3, -0.25) is 0 Å². The fraction of sp³-hybridized carbons (Fsp3) is 0.294. The van der Waals surface area contributed by atoms with Crippen molar-refractivity contribution in [2.75, 3.05) is 6.61 Å². The van der Waals surface area contributed by atoms with Gasteiger partial charge in [0.15, 0.2) is 0 Å². The lowest BCUT2D eigenvalue weighted by Crippen LogP contribution is -2.20. The number of nitrogens with two attached hydrogens (primary N) is 1. The molecular formula is C17H20FNO. The fourth-order valence-electron chi connectivity index (χ4n) is 2.20. The van der Waals surface area contributed by atoms with E-state index in [-0.39, 0.29) is 11.9 Å². The minimum atomic E-state index is -0.256. The highest BCUT2D eigenvalue weighted by atomic mass is 19.1. The summed E-state index contributed by atoms with van der Waals surface area (Å²) in [6.07, 6.45) is 0. The average Bonchev–Trinajstić information content (AvgIpc) is 2.40. The van der Waals surface area contributed by atoms with Gasteiger partial charge in [0.1, 0.15) is 18.2 Å². The number of rotatable bonds is 4. The second-order valence-corrected chi connectivity index (χ2v) is 5.19. The van der Waals surface area contributed by atoms with Crippen LogP contribution >= 0.6 is 0 Å². The van der Waals surface area contributed by atoms with Crippen molar-refractivity contribution < 1.29 is 9.13 Å². The molecule has 0 saturated heterocycles. The highest BCUT2D eigenvalue weighted by Crippen LogP contribution is 2.22. The monoisotopic (exact) mass is 273 g/mol. The Hall–Kier alpha value is -1.87. The van der Waals surface area contributed by atoms with E-state index in [1.54, 1.807) is 6.07 Å². The number of ether oxygens (including phenoxy) is 1. The van der Waals surface area contributed by atoms with Crippen LogP contribution in [-0.4, -0.2) is 6.61 Å². The number of benzene rings is 2. The van der Waals surface area contributed by atoms with Crippen molar-refractivity contribution >= 4 is 0 Å². The van der Waals surface area contributed by atoms with Gasteiger partial charge in [0.05, 0.1) is 6.04 Å². The summed E-state index contributed by atoms with van der Waals surface area (Å²) in [5.74, 6) is 0.417. The van der Waals surface area contributed by atoms with Gasteiger partial charge in [-0.05, 0) is 55.7 Å². The summed E-state index contributed by atoms with van der Waals surface area (Å²) in [4.78, 5) is 0. The Morgan fingerprint density at radius 2 is 1.80 bits per heavy atom. The maximum atomic E-state index is 13.0. The van der Waals surface area contributed by atoms with Gasteiger partial charge in [0.25, 0.3) is 0 Å². The topological polar surface area (TPSA) is 35.2 Å². The molecule has 0 radical (unpaired) electrons. The van der Waals surface area contributed by atoms with Gasteiger partial charge in [-0.1, -0.05) is 23.8 Å². The van der Waals surface area contributed by atoms with Gasteiger partial charge in [-0.15, -0.1) is 0 Å². The number of hydrogen-bond acceptors (Lipinski definition) is 2. The minimum Gasteiger partial charge on any atom is -0.491 e. The summed E-state index contributed by atoms with van der Waals surface area (Å²) in [7, 11) is 0. The van der Waals surface area contributed by atoms with Gasteiger partial charge >= 0.3 is 0 Å². The maximum absolute atomic E-state index is 13.0. The van der Waals surface area contributed by atoms with Crippen LogP contribution in [0.5, 0.6) is 5.75 Å². The SMILES string of the molecule is Cc1ccc(C)c(C(N)COc2ccc(F)cc2C)c1. The highest BCUT2D eigenvalue weighted by Gasteiger charge is 2.11. The summed E-state index contributed by atoms with van der Waals surface area (Å²) in [5, 5.41) is 0. The Bertz CT molecular complexity index is 610. The molecule has 1 atom stereocenters. The smallest absolute Gasteiger partial charge is 0.123 e. The van der Waals surface area contributed by atoms with E-state index in [0.29, 0.717) is 12.4 Å². The van der Waals surface area contributed by atoms with Crippen molar-refractivity contribution in [1.82, 2.24) is 0 Å². The highest BCUT2D eigenvalue weighted by molar-refractivity contribution is 5.34. The summed E-state index contributed by atoms with van der Waals surface area (Å²) < 4.78 is 18.7. The Morgan fingerprint density at radius 3 is 2.50 bits per heavy atom. The van der Waals surface area contributed by atoms with E-state index < -0.39 is 0 Å². The first kappa shape index (κ1) is 14.5. The van der Waals surface area contributed by atoms with Crippen LogP contribution in [0.25, 0.3) is 0 Å². The van der Waals surface area contributed by atoms with Gasteiger partial charge < -0.3 is 10.5 Å². The molecule has 0 spiro atoms. The third-order valence-corrected chi connectivity index (χ3v) is 3.39. The molecule has 106 valence electrons. The molecule has 2 aromatic rings. The normalized spacial score (nSPS) is 12.2. The summed E-state index contributed by atoms with van der Waals surface area (Å²) >= 11 is 0. The van der Waals surface area contributed by atoms with Crippen LogP contribution in [0, 0.1) is 26.6 Å². The molecule has 2 rings (SSSR count). The van der Waals surface area contributed by atoms with E-state index in [9.17, 15) is 4.39 Å². The molecule has 20 heavy (non-hydrogen) atoms. The van der Waals surface area contributed by atoms with E-state index in [2.05, 4.69) is 18.2 Å². The Morgan fingerprint density at radius 1 is 1.05 bits per heavy atom. The van der Waals surface area contributed by atoms with Gasteiger partial charge in [-0.2, -0.15) is 0 Å². The third kappa shape index (κ3) is 3.36. The number of halogens is 1. The van der Waals surface area contributed by atoms with Crippen molar-refractivity contribution in [3.8, 4) is 5.75 Å². The van der Waals surface area contributed by atoms with Crippen LogP contribution in [0.4, 0.5) is 4.39 Å². The Balaban J connectivity index is 2.08. The molecule has 2 aromatic carbocycles. The summed E-state index contributed by atoms with van der Waals surface area (Å²) in [6, 6.07) is 10.5. The van der Waals surface area contributed by atoms with Gasteiger partial charge in [0.2, 0.25) is 0 Å². The van der Waals surface area contributed by atoms with E-state index in [1.807, 2.05) is 20.8 Å². The molecule has 1 unspecified atom stereocenters. The average molecular weight is 273 g/mol. The first-order valence-electron chi connectivity index (χ1n) is 6.69. The Labute approximate surface area is 119 Å². The lowest BCUT2D eigenvalue weighted by molar-refractivity contribution is 0.288. The lowest BCUT2D eigenvalue weighted by atomic mass is 10.00. The predicted molar refractivity (Wildman–Crippen MR) is 79.5 cm³/mol. The quantitative estimate of drug-likeness (QED) is 0.918. The summed E-state index contributed by atoms with van der Waals surface area (Å²) in [5.41, 5.74) is 10.4. The van der Waals surface area contributed by atoms with Crippen LogP contribution in [-0.2, 0) is 0 Å². The molecule has 0 aliphatic rings. The van der Waals surface area contributed by atoms with Crippen LogP contribution in [0.2, 0.25) is 0 Å². The van der Waals surface area contributed by atoms with E-state index in [1.165, 1.54) is 17.7 Å². The van der Waals surface area contributed by atoms with Crippen molar-refractivity contribution in [2.24, 2.45) is 5.73 Å². The molecule has 0 saturated carbocycles. The van der Waals surface area contributed by atoms with Gasteiger partial charge in [0, 0.05) is 0 Å². The molecule has 3 heteroatoms. The molecule has 0 aliphatic heterocycles. The molecule has 0 aromatic heterocycles. The number of aryl methyl sites for hydroxylation is 3. The lowest BCUT2D eigenvalue weighted by Gasteiger charge is -2.17. The van der Waals surface area contributed by atoms with Gasteiger partial charge in [-0.25, -0.2) is 4.39 Å². The first-order valence-corrected chi connectivity index (χ1v) is 6.69. The third-order valence-electron chi connectivity index (χ3n) is 3.39. The molecule has 0 heterocycles. The Kier molecular flexibility index (Phi) is 4.40. The molecule has 0 bridgehead atoms. The van der Waals surface area contributed by atoms with Crippen molar-refractivity contribution in [3.63, 3.8) is 0 Å². The largest absolute Gasteiger partial charge is 0.491 e. The van der Waals surface area contributed by atoms with Crippen molar-refractivity contribution in [3.05, 3.63) is 64.5 Å². The number of hydrogen-bond donors (Lipinski definition) is 1. The maximum Gasteiger partial charge on any atom is 0.123 e. The molecule has 0 amide bonds. The standard InChI is InChI=1S/C17H20FNO/c1-11-4-5-12(2)15(8-11)16(19)10-20-17-7-6-14(18)9-13(17)3/h4-9,16H,10,19H2,1-3H3. The van der Waals surface area contributed by atoms with E-state index in [0.717, 1.165) is 16.7 Å². The molecular weight excluding hydrogens is 253 g/mol. The molecule has 2 N–H and O–H groups in total. The zero-order chi connectivity index (χ0) is 14.7. The van der Waals surface area contributed by atoms with E-state index >= 15 is 0 Å². The second-order valence-electron chi connectivity index (χ2n) is 5.19. The van der Waals surface area contributed by atoms with E-state index in [4.69, 9.17) is 10.5 Å². The molecule has 0 aliphatic carbocycles. The van der Waals surface area contributed by atoms with Crippen LogP contribution in [0.3, 0.4) is 0 Å². The molecule has 0 fully saturated rings.